The SMILES string of the molecule is Cc1c(C(C)(C)C)cc(C(C)(C)C)c(OP(n2cc(C)c3ccccc32)n2cc(C)c3ccccc32)c1-c1c(C)c(C(C)(C)C)cc(C(C)(C)C)c1OP(n1cc(C)c2ccccc21)n1cc(C)c2ccccc21. The zero-order valence-corrected chi connectivity index (χ0v) is 49.0. The lowest BCUT2D eigenvalue weighted by molar-refractivity contribution is 0.514. The Morgan fingerprint density at radius 1 is 0.324 bits per heavy atom. The van der Waals surface area contributed by atoms with Crippen molar-refractivity contribution in [3.63, 3.8) is 0 Å². The zero-order valence-electron chi connectivity index (χ0n) is 47.2. The maximum Gasteiger partial charge on any atom is 0.318 e. The molecule has 0 saturated carbocycles. The van der Waals surface area contributed by atoms with E-state index in [9.17, 15) is 0 Å². The van der Waals surface area contributed by atoms with Crippen molar-refractivity contribution in [3.05, 3.63) is 190 Å². The lowest BCUT2D eigenvalue weighted by atomic mass is 9.72. The van der Waals surface area contributed by atoms with Gasteiger partial charge in [-0.1, -0.05) is 168 Å². The van der Waals surface area contributed by atoms with Crippen molar-refractivity contribution >= 4 is 60.5 Å². The summed E-state index contributed by atoms with van der Waals surface area (Å²) in [6, 6.07) is 40.1. The Balaban J connectivity index is 1.38. The molecule has 74 heavy (non-hydrogen) atoms. The lowest BCUT2D eigenvalue weighted by Gasteiger charge is -2.37. The molecule has 0 spiro atoms. The Morgan fingerprint density at radius 2 is 0.554 bits per heavy atom. The first-order valence-electron chi connectivity index (χ1n) is 26.4. The number of nitrogens with zero attached hydrogens (tertiary/aromatic N) is 4. The summed E-state index contributed by atoms with van der Waals surface area (Å²) < 4.78 is 26.3. The van der Waals surface area contributed by atoms with Gasteiger partial charge in [-0.05, 0) is 132 Å². The number of para-hydroxylation sites is 4. The fourth-order valence-electron chi connectivity index (χ4n) is 11.4. The molecule has 0 aliphatic carbocycles. The Kier molecular flexibility index (Phi) is 12.8. The lowest BCUT2D eigenvalue weighted by Crippen LogP contribution is -2.23. The van der Waals surface area contributed by atoms with E-state index in [0.29, 0.717) is 0 Å². The minimum absolute atomic E-state index is 0.206. The Bertz CT molecular complexity index is 3400. The van der Waals surface area contributed by atoms with Gasteiger partial charge < -0.3 is 9.05 Å². The molecule has 0 saturated heterocycles. The van der Waals surface area contributed by atoms with Gasteiger partial charge in [-0.3, -0.25) is 17.4 Å². The molecule has 0 aliphatic rings. The normalized spacial score (nSPS) is 13.0. The minimum atomic E-state index is -1.62. The van der Waals surface area contributed by atoms with Crippen molar-refractivity contribution in [1.82, 2.24) is 17.4 Å². The number of hydrogen-bond acceptors (Lipinski definition) is 2. The van der Waals surface area contributed by atoms with Gasteiger partial charge in [0, 0.05) is 68.6 Å². The quantitative estimate of drug-likeness (QED) is 0.135. The van der Waals surface area contributed by atoms with Crippen molar-refractivity contribution in [2.75, 3.05) is 0 Å². The van der Waals surface area contributed by atoms with E-state index in [2.05, 4.69) is 276 Å². The highest BCUT2D eigenvalue weighted by Crippen LogP contribution is 2.60. The molecule has 0 radical (unpaired) electrons. The highest BCUT2D eigenvalue weighted by Gasteiger charge is 2.39. The molecule has 0 bridgehead atoms. The molecule has 0 amide bonds. The summed E-state index contributed by atoms with van der Waals surface area (Å²) >= 11 is 0. The van der Waals surface area contributed by atoms with Gasteiger partial charge in [0.1, 0.15) is 11.5 Å². The monoisotopic (exact) mass is 1020 g/mol. The van der Waals surface area contributed by atoms with Gasteiger partial charge in [-0.2, -0.15) is 0 Å². The van der Waals surface area contributed by atoms with E-state index >= 15 is 0 Å². The molecular formula is C66H76N4O2P2. The average Bonchev–Trinajstić information content (AvgIpc) is 4.06. The molecule has 0 N–H and O–H groups in total. The number of aryl methyl sites for hydroxylation is 4. The van der Waals surface area contributed by atoms with Crippen LogP contribution in [0, 0.1) is 41.5 Å². The number of hydrogen-bond donors (Lipinski definition) is 0. The van der Waals surface area contributed by atoms with Crippen molar-refractivity contribution in [1.29, 1.82) is 0 Å². The zero-order chi connectivity index (χ0) is 53.1. The van der Waals surface area contributed by atoms with Crippen LogP contribution in [-0.2, 0) is 21.7 Å². The molecule has 0 fully saturated rings. The second kappa shape index (κ2) is 18.4. The summed E-state index contributed by atoms with van der Waals surface area (Å²) in [6.07, 6.45) is 9.24. The third kappa shape index (κ3) is 8.78. The number of benzene rings is 6. The van der Waals surface area contributed by atoms with Crippen LogP contribution in [0.4, 0.5) is 0 Å². The van der Waals surface area contributed by atoms with Crippen LogP contribution in [0.25, 0.3) is 54.7 Å². The van der Waals surface area contributed by atoms with Crippen LogP contribution in [0.2, 0.25) is 0 Å². The van der Waals surface area contributed by atoms with Gasteiger partial charge in [-0.15, -0.1) is 0 Å². The predicted octanol–water partition coefficient (Wildman–Crippen LogP) is 19.6. The maximum atomic E-state index is 8.31. The summed E-state index contributed by atoms with van der Waals surface area (Å²) in [4.78, 5) is 0. The average molecular weight is 1020 g/mol. The van der Waals surface area contributed by atoms with Crippen molar-refractivity contribution in [3.8, 4) is 22.6 Å². The van der Waals surface area contributed by atoms with Gasteiger partial charge in [-0.25, -0.2) is 0 Å². The third-order valence-corrected chi connectivity index (χ3v) is 18.7. The fraction of sp³-hybridized carbons (Fsp3) is 0.333. The summed E-state index contributed by atoms with van der Waals surface area (Å²) in [5.41, 5.74) is 17.9. The molecule has 4 heterocycles. The standard InChI is InChI=1S/C66H76N4O2P2/c1-41-37-67(55-31-23-19-27-47(41)55)73(68-38-42(2)48-28-20-24-32-56(48)68)71-61-53(65(13,14)15)35-51(63(7,8)9)45(5)59(61)60-46(6)52(64(10,11)12)36-54(66(16,17)18)62(60)72-74(69-39-43(3)49-29-21-25-33-57(49)69)70-40-44(4)50-30-22-26-34-58(50)70/h19-40H,1-18H3. The molecule has 10 rings (SSSR count). The molecule has 8 heteroatoms. The molecule has 10 aromatic rings. The Hall–Kier alpha value is -6.06. The van der Waals surface area contributed by atoms with Gasteiger partial charge >= 0.3 is 16.9 Å². The van der Waals surface area contributed by atoms with Crippen molar-refractivity contribution in [2.45, 2.75) is 146 Å². The Labute approximate surface area is 443 Å². The third-order valence-electron chi connectivity index (χ3n) is 15.2. The van der Waals surface area contributed by atoms with E-state index < -0.39 is 16.9 Å². The first kappa shape index (κ1) is 51.4. The van der Waals surface area contributed by atoms with Crippen LogP contribution in [-0.4, -0.2) is 17.4 Å². The number of fused-ring (bicyclic) bond motifs is 4. The number of rotatable bonds is 9. The largest absolute Gasteiger partial charge is 0.435 e. The molecular weight excluding hydrogens is 943 g/mol. The van der Waals surface area contributed by atoms with Crippen LogP contribution >= 0.6 is 16.9 Å². The van der Waals surface area contributed by atoms with E-state index in [0.717, 1.165) is 44.7 Å². The maximum absolute atomic E-state index is 8.31. The molecule has 4 aromatic heterocycles. The van der Waals surface area contributed by atoms with Crippen LogP contribution in [0.15, 0.2) is 134 Å². The van der Waals surface area contributed by atoms with Crippen LogP contribution in [0.1, 0.15) is 139 Å². The fourth-order valence-corrected chi connectivity index (χ4v) is 15.4. The molecule has 6 aromatic carbocycles. The molecule has 382 valence electrons. The van der Waals surface area contributed by atoms with Crippen LogP contribution in [0.5, 0.6) is 11.5 Å². The minimum Gasteiger partial charge on any atom is -0.435 e. The summed E-state index contributed by atoms with van der Waals surface area (Å²) in [7, 11) is -3.24. The van der Waals surface area contributed by atoms with Crippen molar-refractivity contribution < 1.29 is 9.05 Å². The summed E-state index contributed by atoms with van der Waals surface area (Å²) in [5, 5.41) is 4.89. The summed E-state index contributed by atoms with van der Waals surface area (Å²) in [5.74, 6) is 1.79. The molecule has 0 aliphatic heterocycles. The highest BCUT2D eigenvalue weighted by molar-refractivity contribution is 7.50. The van der Waals surface area contributed by atoms with E-state index in [1.54, 1.807) is 0 Å². The van der Waals surface area contributed by atoms with E-state index in [4.69, 9.17) is 9.05 Å². The number of aromatic nitrogens is 4. The summed E-state index contributed by atoms with van der Waals surface area (Å²) in [6.45, 7) is 41.8. The van der Waals surface area contributed by atoms with E-state index in [-0.39, 0.29) is 21.7 Å². The predicted molar refractivity (Wildman–Crippen MR) is 320 cm³/mol. The van der Waals surface area contributed by atoms with Gasteiger partial charge in [0.05, 0.1) is 22.1 Å². The first-order chi connectivity index (χ1) is 34.8. The van der Waals surface area contributed by atoms with Gasteiger partial charge in [0.25, 0.3) is 0 Å². The highest BCUT2D eigenvalue weighted by atomic mass is 31.2. The van der Waals surface area contributed by atoms with Gasteiger partial charge in [0.15, 0.2) is 0 Å². The molecule has 0 atom stereocenters. The van der Waals surface area contributed by atoms with E-state index in [1.807, 2.05) is 0 Å². The van der Waals surface area contributed by atoms with Crippen LogP contribution < -0.4 is 9.05 Å². The Morgan fingerprint density at radius 3 is 0.784 bits per heavy atom. The second-order valence-electron chi connectivity index (χ2n) is 25.0. The van der Waals surface area contributed by atoms with Gasteiger partial charge in [0.2, 0.25) is 0 Å². The van der Waals surface area contributed by atoms with E-state index in [1.165, 1.54) is 77.2 Å². The smallest absolute Gasteiger partial charge is 0.318 e. The van der Waals surface area contributed by atoms with Crippen molar-refractivity contribution in [2.24, 2.45) is 0 Å². The van der Waals surface area contributed by atoms with Crippen LogP contribution in [0.3, 0.4) is 0 Å². The topological polar surface area (TPSA) is 38.2 Å². The molecule has 0 unspecified atom stereocenters. The second-order valence-corrected chi connectivity index (χ2v) is 28.1. The molecule has 6 nitrogen and oxygen atoms in total. The first-order valence-corrected chi connectivity index (χ1v) is 28.7.